The van der Waals surface area contributed by atoms with E-state index in [2.05, 4.69) is 129 Å². The molecule has 2 nitrogen and oxygen atoms in total. The van der Waals surface area contributed by atoms with Crippen molar-refractivity contribution >= 4 is 32.4 Å². The van der Waals surface area contributed by atoms with Crippen LogP contribution in [0.15, 0.2) is 121 Å². The minimum absolute atomic E-state index is 0.0836. The molecule has 0 spiro atoms. The summed E-state index contributed by atoms with van der Waals surface area (Å²) < 4.78 is 0. The van der Waals surface area contributed by atoms with Crippen molar-refractivity contribution in [3.8, 4) is 33.8 Å². The third-order valence-corrected chi connectivity index (χ3v) is 8.46. The lowest BCUT2D eigenvalue weighted by Crippen LogP contribution is -2.15. The van der Waals surface area contributed by atoms with E-state index in [9.17, 15) is 0 Å². The number of benzene rings is 6. The average molecular weight is 499 g/mol. The highest BCUT2D eigenvalue weighted by molar-refractivity contribution is 6.10. The van der Waals surface area contributed by atoms with E-state index in [1.807, 2.05) is 6.07 Å². The van der Waals surface area contributed by atoms with E-state index in [0.717, 1.165) is 38.9 Å². The molecule has 1 heterocycles. The molecule has 1 aromatic heterocycles. The van der Waals surface area contributed by atoms with E-state index in [0.29, 0.717) is 0 Å². The zero-order valence-electron chi connectivity index (χ0n) is 21.9. The van der Waals surface area contributed by atoms with Gasteiger partial charge in [-0.25, -0.2) is 9.97 Å². The largest absolute Gasteiger partial charge is 0.227 e. The van der Waals surface area contributed by atoms with Crippen LogP contribution >= 0.6 is 0 Å². The van der Waals surface area contributed by atoms with Gasteiger partial charge in [0.15, 0.2) is 5.82 Å². The fourth-order valence-corrected chi connectivity index (χ4v) is 6.65. The molecular weight excluding hydrogens is 472 g/mol. The quantitative estimate of drug-likeness (QED) is 0.222. The highest BCUT2D eigenvalue weighted by Gasteiger charge is 2.36. The number of hydrogen-bond acceptors (Lipinski definition) is 2. The molecule has 8 rings (SSSR count). The molecule has 0 unspecified atom stereocenters. The first-order valence-corrected chi connectivity index (χ1v) is 13.5. The summed E-state index contributed by atoms with van der Waals surface area (Å²) >= 11 is 0. The van der Waals surface area contributed by atoms with Crippen LogP contribution in [0.5, 0.6) is 0 Å². The zero-order valence-corrected chi connectivity index (χ0v) is 21.9. The lowest BCUT2D eigenvalue weighted by atomic mass is 9.80. The summed E-state index contributed by atoms with van der Waals surface area (Å²) in [4.78, 5) is 10.5. The van der Waals surface area contributed by atoms with Crippen LogP contribution in [-0.2, 0) is 5.41 Å². The molecule has 0 saturated heterocycles. The summed E-state index contributed by atoms with van der Waals surface area (Å²) in [5.74, 6) is 0.761. The van der Waals surface area contributed by atoms with Gasteiger partial charge >= 0.3 is 0 Å². The van der Waals surface area contributed by atoms with Crippen molar-refractivity contribution in [2.75, 3.05) is 0 Å². The van der Waals surface area contributed by atoms with E-state index in [1.54, 1.807) is 0 Å². The van der Waals surface area contributed by atoms with E-state index in [-0.39, 0.29) is 5.41 Å². The summed E-state index contributed by atoms with van der Waals surface area (Å²) in [5, 5.41) is 5.86. The van der Waals surface area contributed by atoms with E-state index in [4.69, 9.17) is 9.97 Å². The Morgan fingerprint density at radius 1 is 0.487 bits per heavy atom. The van der Waals surface area contributed by atoms with Gasteiger partial charge in [0, 0.05) is 27.3 Å². The Morgan fingerprint density at radius 2 is 1.21 bits per heavy atom. The van der Waals surface area contributed by atoms with Crippen molar-refractivity contribution < 1.29 is 0 Å². The smallest absolute Gasteiger partial charge is 0.161 e. The lowest BCUT2D eigenvalue weighted by molar-refractivity contribution is 0.666. The van der Waals surface area contributed by atoms with Crippen molar-refractivity contribution in [3.05, 3.63) is 132 Å². The SMILES string of the molecule is CC1(C)c2ccccc2-c2ccc3c(-c4nc(-c5ccccc5)c5ccc6ccccc6c5n4)cccc3c21. The molecule has 0 radical (unpaired) electrons. The van der Waals surface area contributed by atoms with Crippen LogP contribution in [0.4, 0.5) is 0 Å². The van der Waals surface area contributed by atoms with E-state index < -0.39 is 0 Å². The van der Waals surface area contributed by atoms with Crippen LogP contribution in [0.25, 0.3) is 66.2 Å². The fourth-order valence-electron chi connectivity index (χ4n) is 6.65. The van der Waals surface area contributed by atoms with Gasteiger partial charge < -0.3 is 0 Å². The van der Waals surface area contributed by atoms with Crippen LogP contribution < -0.4 is 0 Å². The number of aromatic nitrogens is 2. The molecule has 0 saturated carbocycles. The monoisotopic (exact) mass is 498 g/mol. The molecule has 0 amide bonds. The van der Waals surface area contributed by atoms with Crippen LogP contribution in [0, 0.1) is 0 Å². The first kappa shape index (κ1) is 22.2. The van der Waals surface area contributed by atoms with Gasteiger partial charge in [0.25, 0.3) is 0 Å². The molecule has 7 aromatic rings. The van der Waals surface area contributed by atoms with E-state index >= 15 is 0 Å². The Balaban J connectivity index is 1.45. The van der Waals surface area contributed by atoms with Gasteiger partial charge in [0.05, 0.1) is 11.2 Å². The Morgan fingerprint density at radius 3 is 2.10 bits per heavy atom. The molecule has 1 aliphatic carbocycles. The third kappa shape index (κ3) is 3.15. The van der Waals surface area contributed by atoms with Crippen molar-refractivity contribution in [1.29, 1.82) is 0 Å². The van der Waals surface area contributed by atoms with Crippen LogP contribution in [0.2, 0.25) is 0 Å². The van der Waals surface area contributed by atoms with Gasteiger partial charge in [-0.15, -0.1) is 0 Å². The maximum absolute atomic E-state index is 5.27. The summed E-state index contributed by atoms with van der Waals surface area (Å²) in [7, 11) is 0. The van der Waals surface area contributed by atoms with Crippen molar-refractivity contribution in [3.63, 3.8) is 0 Å². The second kappa shape index (κ2) is 8.09. The van der Waals surface area contributed by atoms with Gasteiger partial charge in [-0.3, -0.25) is 0 Å². The summed E-state index contributed by atoms with van der Waals surface area (Å²) in [6, 6.07) is 43.3. The Bertz CT molecular complexity index is 2090. The fraction of sp³-hybridized carbons (Fsp3) is 0.0811. The topological polar surface area (TPSA) is 25.8 Å². The van der Waals surface area contributed by atoms with Gasteiger partial charge in [-0.1, -0.05) is 129 Å². The van der Waals surface area contributed by atoms with Crippen LogP contribution in [-0.4, -0.2) is 9.97 Å². The predicted molar refractivity (Wildman–Crippen MR) is 163 cm³/mol. The first-order chi connectivity index (χ1) is 19.1. The van der Waals surface area contributed by atoms with Crippen molar-refractivity contribution in [2.24, 2.45) is 0 Å². The minimum Gasteiger partial charge on any atom is -0.227 e. The molecule has 2 heteroatoms. The molecule has 0 fully saturated rings. The second-order valence-electron chi connectivity index (χ2n) is 11.0. The highest BCUT2D eigenvalue weighted by Crippen LogP contribution is 2.52. The molecule has 0 aliphatic heterocycles. The third-order valence-electron chi connectivity index (χ3n) is 8.46. The molecule has 0 atom stereocenters. The van der Waals surface area contributed by atoms with Crippen molar-refractivity contribution in [2.45, 2.75) is 19.3 Å². The van der Waals surface area contributed by atoms with Gasteiger partial charge in [0.1, 0.15) is 0 Å². The van der Waals surface area contributed by atoms with E-state index in [1.165, 1.54) is 38.4 Å². The number of hydrogen-bond donors (Lipinski definition) is 0. The maximum atomic E-state index is 5.27. The maximum Gasteiger partial charge on any atom is 0.161 e. The normalized spacial score (nSPS) is 13.6. The van der Waals surface area contributed by atoms with Gasteiger partial charge in [-0.05, 0) is 44.5 Å². The minimum atomic E-state index is -0.0836. The first-order valence-electron chi connectivity index (χ1n) is 13.5. The molecular formula is C37H26N2. The second-order valence-corrected chi connectivity index (χ2v) is 11.0. The Hall–Kier alpha value is -4.82. The van der Waals surface area contributed by atoms with Crippen LogP contribution in [0.1, 0.15) is 25.0 Å². The molecule has 0 N–H and O–H groups in total. The summed E-state index contributed by atoms with van der Waals surface area (Å²) in [6.07, 6.45) is 0. The Kier molecular flexibility index (Phi) is 4.60. The molecule has 6 aromatic carbocycles. The number of fused-ring (bicyclic) bond motifs is 8. The highest BCUT2D eigenvalue weighted by atomic mass is 14.9. The lowest BCUT2D eigenvalue weighted by Gasteiger charge is -2.23. The number of nitrogens with zero attached hydrogens (tertiary/aromatic N) is 2. The molecule has 184 valence electrons. The summed E-state index contributed by atoms with van der Waals surface area (Å²) in [5.41, 5.74) is 9.47. The zero-order chi connectivity index (χ0) is 26.1. The predicted octanol–water partition coefficient (Wildman–Crippen LogP) is 9.58. The van der Waals surface area contributed by atoms with Crippen LogP contribution in [0.3, 0.4) is 0 Å². The molecule has 39 heavy (non-hydrogen) atoms. The van der Waals surface area contributed by atoms with Gasteiger partial charge in [-0.2, -0.15) is 0 Å². The summed E-state index contributed by atoms with van der Waals surface area (Å²) in [6.45, 7) is 4.69. The Labute approximate surface area is 227 Å². The van der Waals surface area contributed by atoms with Crippen molar-refractivity contribution in [1.82, 2.24) is 9.97 Å². The molecule has 0 bridgehead atoms. The van der Waals surface area contributed by atoms with Gasteiger partial charge in [0.2, 0.25) is 0 Å². The average Bonchev–Trinajstić information content (AvgIpc) is 3.23. The number of rotatable bonds is 2. The standard InChI is InChI=1S/C37H26N2/c1-37(2)32-18-9-8-15-27(32)29-22-21-26-28(33(29)37)16-10-17-30(26)36-38-34(24-12-4-3-5-13-24)31-20-19-23-11-6-7-14-25(23)35(31)39-36/h3-22H,1-2H3. The molecule has 1 aliphatic rings.